The van der Waals surface area contributed by atoms with Crippen LogP contribution in [0.1, 0.15) is 41.7 Å². The Morgan fingerprint density at radius 1 is 1.07 bits per heavy atom. The number of nitrogens with zero attached hydrogens (tertiary/aromatic N) is 4. The van der Waals surface area contributed by atoms with E-state index in [4.69, 9.17) is 4.74 Å². The highest BCUT2D eigenvalue weighted by molar-refractivity contribution is 14.0. The maximum atomic E-state index is 13.0. The van der Waals surface area contributed by atoms with Crippen LogP contribution in [0.25, 0.3) is 0 Å². The maximum Gasteiger partial charge on any atom is 0.393 e. The van der Waals surface area contributed by atoms with Gasteiger partial charge < -0.3 is 19.9 Å². The fraction of sp³-hybridized carbons (Fsp3) is 0.571. The van der Waals surface area contributed by atoms with E-state index >= 15 is 0 Å². The standard InChI is InChI=1S/C28H34F3N5O2S.HI/c29-28(30,31)14-22-13-23-25(32-19-33-26(23)39-22)36-12-8-27(18-36)7-11-34(17-27)15-20-3-5-21(6-4-20)38-16-24(37)35-9-1-2-10-35;/h3-6,13,33H,1-2,7-12,14-19H2;1H. The van der Waals surface area contributed by atoms with Gasteiger partial charge in [0.2, 0.25) is 0 Å². The van der Waals surface area contributed by atoms with E-state index in [1.54, 1.807) is 6.07 Å². The highest BCUT2D eigenvalue weighted by Gasteiger charge is 2.45. The Labute approximate surface area is 253 Å². The van der Waals surface area contributed by atoms with Crippen LogP contribution in [0.4, 0.5) is 18.2 Å². The molecule has 1 spiro atoms. The number of amides is 1. The van der Waals surface area contributed by atoms with Crippen molar-refractivity contribution in [1.82, 2.24) is 14.7 Å². The minimum atomic E-state index is -4.21. The van der Waals surface area contributed by atoms with Gasteiger partial charge in [-0.05, 0) is 56.0 Å². The molecular formula is C28H35F3IN5O2S. The summed E-state index contributed by atoms with van der Waals surface area (Å²) in [6.07, 6.45) is -0.806. The maximum absolute atomic E-state index is 13.0. The molecule has 12 heteroatoms. The molecule has 4 aliphatic rings. The van der Waals surface area contributed by atoms with E-state index < -0.39 is 12.6 Å². The molecule has 1 unspecified atom stereocenters. The highest BCUT2D eigenvalue weighted by Crippen LogP contribution is 2.42. The van der Waals surface area contributed by atoms with Crippen molar-refractivity contribution in [3.63, 3.8) is 0 Å². The second-order valence-corrected chi connectivity index (χ2v) is 12.4. The molecule has 4 aliphatic heterocycles. The smallest absolute Gasteiger partial charge is 0.393 e. The first-order valence-electron chi connectivity index (χ1n) is 13.7. The second kappa shape index (κ2) is 12.0. The van der Waals surface area contributed by atoms with Gasteiger partial charge in [0.1, 0.15) is 23.3 Å². The summed E-state index contributed by atoms with van der Waals surface area (Å²) in [5.41, 5.74) is 2.20. The summed E-state index contributed by atoms with van der Waals surface area (Å²) >= 11 is 1.19. The zero-order valence-electron chi connectivity index (χ0n) is 22.3. The molecule has 7 nitrogen and oxygen atoms in total. The van der Waals surface area contributed by atoms with Crippen LogP contribution in [0.2, 0.25) is 0 Å². The summed E-state index contributed by atoms with van der Waals surface area (Å²) in [5.74, 6) is 1.60. The minimum Gasteiger partial charge on any atom is -0.484 e. The van der Waals surface area contributed by atoms with E-state index in [9.17, 15) is 18.0 Å². The van der Waals surface area contributed by atoms with E-state index in [1.165, 1.54) is 16.9 Å². The van der Waals surface area contributed by atoms with Crippen molar-refractivity contribution in [2.45, 2.75) is 44.8 Å². The largest absolute Gasteiger partial charge is 0.484 e. The molecule has 1 aromatic carbocycles. The lowest BCUT2D eigenvalue weighted by atomic mass is 9.86. The first kappa shape index (κ1) is 29.4. The van der Waals surface area contributed by atoms with E-state index in [0.29, 0.717) is 17.3 Å². The predicted molar refractivity (Wildman–Crippen MR) is 161 cm³/mol. The Morgan fingerprint density at radius 3 is 2.58 bits per heavy atom. The van der Waals surface area contributed by atoms with Crippen molar-refractivity contribution in [1.29, 1.82) is 0 Å². The lowest BCUT2D eigenvalue weighted by Gasteiger charge is -2.28. The van der Waals surface area contributed by atoms with Gasteiger partial charge in [0, 0.05) is 49.6 Å². The van der Waals surface area contributed by atoms with Gasteiger partial charge in [-0.2, -0.15) is 13.2 Å². The molecule has 40 heavy (non-hydrogen) atoms. The fourth-order valence-electron chi connectivity index (χ4n) is 6.33. The monoisotopic (exact) mass is 689 g/mol. The van der Waals surface area contributed by atoms with Crippen molar-refractivity contribution < 1.29 is 22.7 Å². The number of hydrogen-bond acceptors (Lipinski definition) is 7. The Balaban J connectivity index is 0.00000323. The van der Waals surface area contributed by atoms with E-state index in [2.05, 4.69) is 32.2 Å². The van der Waals surface area contributed by atoms with Gasteiger partial charge in [0.05, 0.1) is 12.0 Å². The van der Waals surface area contributed by atoms with Gasteiger partial charge in [-0.1, -0.05) is 12.1 Å². The number of thiophene rings is 1. The lowest BCUT2D eigenvalue weighted by molar-refractivity contribution is -0.132. The number of carbonyl (C=O) groups excluding carboxylic acids is 1. The van der Waals surface area contributed by atoms with Crippen LogP contribution in [0.3, 0.4) is 0 Å². The summed E-state index contributed by atoms with van der Waals surface area (Å²) in [6, 6.07) is 9.69. The Kier molecular flexibility index (Phi) is 8.86. The number of ether oxygens (including phenoxy) is 1. The number of amidine groups is 1. The molecule has 0 bridgehead atoms. The van der Waals surface area contributed by atoms with Crippen LogP contribution >= 0.6 is 35.3 Å². The minimum absolute atomic E-state index is 0. The number of anilines is 1. The summed E-state index contributed by atoms with van der Waals surface area (Å²) in [4.78, 5) is 23.8. The van der Waals surface area contributed by atoms with Crippen molar-refractivity contribution in [2.75, 3.05) is 57.9 Å². The number of halogens is 4. The molecule has 1 N–H and O–H groups in total. The van der Waals surface area contributed by atoms with E-state index in [0.717, 1.165) is 87.9 Å². The average Bonchev–Trinajstić information content (AvgIpc) is 3.70. The first-order valence-corrected chi connectivity index (χ1v) is 14.5. The van der Waals surface area contributed by atoms with Crippen molar-refractivity contribution in [3.8, 4) is 5.75 Å². The molecule has 6 rings (SSSR count). The average molecular weight is 690 g/mol. The van der Waals surface area contributed by atoms with Gasteiger partial charge in [-0.25, -0.2) is 4.99 Å². The third-order valence-corrected chi connectivity index (χ3v) is 9.37. The highest BCUT2D eigenvalue weighted by atomic mass is 127. The Hall–Kier alpha value is -2.06. The number of hydrogen-bond donors (Lipinski definition) is 1. The molecule has 0 aliphatic carbocycles. The molecule has 3 saturated heterocycles. The zero-order chi connectivity index (χ0) is 27.0. The number of benzene rings is 1. The van der Waals surface area contributed by atoms with Crippen LogP contribution in [0.5, 0.6) is 5.75 Å². The molecule has 0 radical (unpaired) electrons. The van der Waals surface area contributed by atoms with Gasteiger partial charge in [-0.15, -0.1) is 35.3 Å². The topological polar surface area (TPSA) is 60.4 Å². The quantitative estimate of drug-likeness (QED) is 0.423. The molecule has 1 amide bonds. The number of likely N-dealkylation sites (tertiary alicyclic amines) is 3. The number of rotatable bonds is 6. The molecule has 0 saturated carbocycles. The first-order chi connectivity index (χ1) is 18.8. The van der Waals surface area contributed by atoms with Crippen LogP contribution in [-0.4, -0.2) is 85.2 Å². The van der Waals surface area contributed by atoms with Gasteiger partial charge in [0.15, 0.2) is 6.61 Å². The third kappa shape index (κ3) is 6.70. The summed E-state index contributed by atoms with van der Waals surface area (Å²) in [7, 11) is 0. The van der Waals surface area contributed by atoms with Gasteiger partial charge in [0.25, 0.3) is 5.91 Å². The third-order valence-electron chi connectivity index (χ3n) is 8.27. The molecule has 3 fully saturated rings. The van der Waals surface area contributed by atoms with Crippen molar-refractivity contribution in [3.05, 3.63) is 46.3 Å². The SMILES string of the molecule is I.O=C(COc1ccc(CN2CCC3(CCN(C4=NCNc5sc(CC(F)(F)F)cc54)C3)C2)cc1)N1CCCC1. The number of carbonyl (C=O) groups is 1. The van der Waals surface area contributed by atoms with Crippen LogP contribution in [0.15, 0.2) is 35.3 Å². The molecule has 1 aromatic heterocycles. The number of nitrogens with one attached hydrogen (secondary N) is 1. The number of aliphatic imine (C=N–C) groups is 1. The summed E-state index contributed by atoms with van der Waals surface area (Å²) in [6.45, 7) is 6.77. The molecule has 2 aromatic rings. The van der Waals surface area contributed by atoms with Crippen molar-refractivity contribution >= 4 is 52.1 Å². The Bertz CT molecular complexity index is 1230. The second-order valence-electron chi connectivity index (χ2n) is 11.2. The molecular weight excluding hydrogens is 654 g/mol. The van der Waals surface area contributed by atoms with Crippen LogP contribution < -0.4 is 10.1 Å². The van der Waals surface area contributed by atoms with E-state index in [-0.39, 0.29) is 41.9 Å². The Morgan fingerprint density at radius 2 is 1.82 bits per heavy atom. The zero-order valence-corrected chi connectivity index (χ0v) is 25.5. The van der Waals surface area contributed by atoms with Crippen LogP contribution in [0, 0.1) is 5.41 Å². The summed E-state index contributed by atoms with van der Waals surface area (Å²) < 4.78 is 44.6. The number of alkyl halides is 3. The van der Waals surface area contributed by atoms with Gasteiger partial charge >= 0.3 is 6.18 Å². The van der Waals surface area contributed by atoms with Crippen molar-refractivity contribution in [2.24, 2.45) is 10.4 Å². The predicted octanol–water partition coefficient (Wildman–Crippen LogP) is 5.20. The molecule has 1 atom stereocenters. The normalized spacial score (nSPS) is 22.7. The van der Waals surface area contributed by atoms with Crippen LogP contribution in [-0.2, 0) is 17.8 Å². The molecule has 5 heterocycles. The van der Waals surface area contributed by atoms with E-state index in [1.807, 2.05) is 17.0 Å². The lowest BCUT2D eigenvalue weighted by Crippen LogP contribution is -2.36. The summed E-state index contributed by atoms with van der Waals surface area (Å²) in [5, 5.41) is 3.94. The number of fused-ring (bicyclic) bond motifs is 1. The van der Waals surface area contributed by atoms with Gasteiger partial charge in [-0.3, -0.25) is 9.69 Å². The fourth-order valence-corrected chi connectivity index (χ4v) is 7.40. The molecule has 218 valence electrons.